The fraction of sp³-hybridized carbons (Fsp3) is 0. The van der Waals surface area contributed by atoms with Gasteiger partial charge >= 0.3 is 0 Å². The number of hydrogen-bond donors (Lipinski definition) is 2. The van der Waals surface area contributed by atoms with Gasteiger partial charge in [0.1, 0.15) is 11.6 Å². The quantitative estimate of drug-likeness (QED) is 0.888. The monoisotopic (exact) mass is 298 g/mol. The Bertz CT molecular complexity index is 514. The van der Waals surface area contributed by atoms with Gasteiger partial charge in [-0.05, 0) is 34.1 Å². The Morgan fingerprint density at radius 3 is 2.65 bits per heavy atom. The first-order valence-corrected chi connectivity index (χ1v) is 5.36. The van der Waals surface area contributed by atoms with Crippen molar-refractivity contribution < 1.29 is 9.13 Å². The van der Waals surface area contributed by atoms with Crippen LogP contribution in [0.5, 0.6) is 11.5 Å². The van der Waals surface area contributed by atoms with Crippen molar-refractivity contribution in [2.45, 2.75) is 0 Å². The number of nitrogens with two attached hydrogens (primary N) is 2. The van der Waals surface area contributed by atoms with Gasteiger partial charge in [-0.15, -0.1) is 0 Å². The molecule has 88 valence electrons. The molecule has 0 saturated carbocycles. The Morgan fingerprint density at radius 1 is 1.24 bits per heavy atom. The number of anilines is 2. The Labute approximate surface area is 105 Å². The molecule has 4 N–H and O–H groups in total. The van der Waals surface area contributed by atoms with Gasteiger partial charge < -0.3 is 16.2 Å². The molecule has 0 aliphatic carbocycles. The van der Waals surface area contributed by atoms with Crippen LogP contribution in [0.25, 0.3) is 0 Å². The summed E-state index contributed by atoms with van der Waals surface area (Å²) in [5, 5.41) is 0. The SMILES string of the molecule is Nc1ncc(Oc2ccc(F)cc2Br)c(N)n1. The summed E-state index contributed by atoms with van der Waals surface area (Å²) in [6.45, 7) is 0. The van der Waals surface area contributed by atoms with Crippen LogP contribution in [0, 0.1) is 5.82 Å². The molecule has 7 heteroatoms. The first-order chi connectivity index (χ1) is 8.06. The lowest BCUT2D eigenvalue weighted by Gasteiger charge is -2.08. The van der Waals surface area contributed by atoms with Gasteiger partial charge in [0.05, 0.1) is 10.7 Å². The molecule has 17 heavy (non-hydrogen) atoms. The molecular weight excluding hydrogens is 291 g/mol. The maximum atomic E-state index is 12.9. The van der Waals surface area contributed by atoms with Crippen LogP contribution in [0.2, 0.25) is 0 Å². The highest BCUT2D eigenvalue weighted by molar-refractivity contribution is 9.10. The molecule has 0 amide bonds. The molecule has 5 nitrogen and oxygen atoms in total. The molecule has 0 spiro atoms. The van der Waals surface area contributed by atoms with E-state index in [2.05, 4.69) is 25.9 Å². The highest BCUT2D eigenvalue weighted by atomic mass is 79.9. The van der Waals surface area contributed by atoms with Crippen molar-refractivity contribution >= 4 is 27.7 Å². The van der Waals surface area contributed by atoms with Gasteiger partial charge in [0.2, 0.25) is 5.95 Å². The molecular formula is C10H8BrFN4O. The van der Waals surface area contributed by atoms with E-state index in [0.717, 1.165) is 0 Å². The lowest BCUT2D eigenvalue weighted by Crippen LogP contribution is -2.01. The van der Waals surface area contributed by atoms with Crippen LogP contribution in [0.15, 0.2) is 28.9 Å². The molecule has 1 aromatic carbocycles. The minimum atomic E-state index is -0.370. The Morgan fingerprint density at radius 2 is 2.00 bits per heavy atom. The summed E-state index contributed by atoms with van der Waals surface area (Å²) < 4.78 is 18.8. The van der Waals surface area contributed by atoms with E-state index in [1.807, 2.05) is 0 Å². The second-order valence-electron chi connectivity index (χ2n) is 3.15. The fourth-order valence-corrected chi connectivity index (χ4v) is 1.59. The van der Waals surface area contributed by atoms with Crippen molar-refractivity contribution in [2.75, 3.05) is 11.5 Å². The molecule has 0 saturated heterocycles. The van der Waals surface area contributed by atoms with Crippen molar-refractivity contribution in [3.05, 3.63) is 34.7 Å². The van der Waals surface area contributed by atoms with Crippen LogP contribution >= 0.6 is 15.9 Å². The largest absolute Gasteiger partial charge is 0.451 e. The van der Waals surface area contributed by atoms with E-state index in [0.29, 0.717) is 10.2 Å². The number of aromatic nitrogens is 2. The van der Waals surface area contributed by atoms with E-state index in [1.54, 1.807) is 0 Å². The molecule has 1 aromatic heterocycles. The Hall–Kier alpha value is -1.89. The highest BCUT2D eigenvalue weighted by Gasteiger charge is 2.08. The molecule has 0 unspecified atom stereocenters. The smallest absolute Gasteiger partial charge is 0.222 e. The second-order valence-corrected chi connectivity index (χ2v) is 4.01. The molecule has 0 atom stereocenters. The van der Waals surface area contributed by atoms with Gasteiger partial charge in [0, 0.05) is 0 Å². The zero-order chi connectivity index (χ0) is 12.4. The number of rotatable bonds is 2. The second kappa shape index (κ2) is 4.54. The van der Waals surface area contributed by atoms with E-state index < -0.39 is 0 Å². The van der Waals surface area contributed by atoms with Crippen molar-refractivity contribution in [3.63, 3.8) is 0 Å². The van der Waals surface area contributed by atoms with E-state index in [1.165, 1.54) is 24.4 Å². The van der Waals surface area contributed by atoms with Crippen LogP contribution in [0.1, 0.15) is 0 Å². The summed E-state index contributed by atoms with van der Waals surface area (Å²) >= 11 is 3.17. The van der Waals surface area contributed by atoms with Gasteiger partial charge in [0.15, 0.2) is 11.6 Å². The standard InChI is InChI=1S/C10H8BrFN4O/c11-6-3-5(12)1-2-7(6)17-8-4-15-10(14)16-9(8)13/h1-4H,(H4,13,14,15,16). The van der Waals surface area contributed by atoms with Crippen LogP contribution in [-0.2, 0) is 0 Å². The predicted octanol–water partition coefficient (Wildman–Crippen LogP) is 2.33. The topological polar surface area (TPSA) is 87.0 Å². The third-order valence-corrected chi connectivity index (χ3v) is 2.54. The molecule has 2 rings (SSSR count). The van der Waals surface area contributed by atoms with Crippen molar-refractivity contribution in [1.82, 2.24) is 9.97 Å². The van der Waals surface area contributed by atoms with Gasteiger partial charge in [-0.1, -0.05) is 0 Å². The summed E-state index contributed by atoms with van der Waals surface area (Å²) in [5.41, 5.74) is 11.0. The lowest BCUT2D eigenvalue weighted by atomic mass is 10.3. The molecule has 1 heterocycles. The van der Waals surface area contributed by atoms with Crippen LogP contribution in [0.4, 0.5) is 16.2 Å². The van der Waals surface area contributed by atoms with E-state index in [-0.39, 0.29) is 23.3 Å². The summed E-state index contributed by atoms with van der Waals surface area (Å²) in [6.07, 6.45) is 1.35. The molecule has 0 bridgehead atoms. The Kier molecular flexibility index (Phi) is 3.10. The third kappa shape index (κ3) is 2.62. The molecule has 0 aliphatic rings. The number of nitrogen functional groups attached to an aromatic ring is 2. The number of benzene rings is 1. The molecule has 2 aromatic rings. The zero-order valence-corrected chi connectivity index (χ0v) is 10.1. The van der Waals surface area contributed by atoms with Crippen LogP contribution < -0.4 is 16.2 Å². The van der Waals surface area contributed by atoms with Crippen LogP contribution in [-0.4, -0.2) is 9.97 Å². The summed E-state index contributed by atoms with van der Waals surface area (Å²) in [7, 11) is 0. The summed E-state index contributed by atoms with van der Waals surface area (Å²) in [5.74, 6) is 0.477. The van der Waals surface area contributed by atoms with Crippen molar-refractivity contribution in [3.8, 4) is 11.5 Å². The Balaban J connectivity index is 2.31. The minimum Gasteiger partial charge on any atom is -0.451 e. The maximum Gasteiger partial charge on any atom is 0.222 e. The lowest BCUT2D eigenvalue weighted by molar-refractivity contribution is 0.475. The number of hydrogen-bond acceptors (Lipinski definition) is 5. The number of ether oxygens (including phenoxy) is 1. The average molecular weight is 299 g/mol. The third-order valence-electron chi connectivity index (χ3n) is 1.92. The average Bonchev–Trinajstić information content (AvgIpc) is 2.25. The summed E-state index contributed by atoms with van der Waals surface area (Å²) in [6, 6.07) is 4.02. The summed E-state index contributed by atoms with van der Waals surface area (Å²) in [4.78, 5) is 7.50. The van der Waals surface area contributed by atoms with Gasteiger partial charge in [-0.25, -0.2) is 9.37 Å². The number of halogens is 2. The fourth-order valence-electron chi connectivity index (χ4n) is 1.15. The van der Waals surface area contributed by atoms with Crippen molar-refractivity contribution in [1.29, 1.82) is 0 Å². The maximum absolute atomic E-state index is 12.9. The van der Waals surface area contributed by atoms with E-state index in [9.17, 15) is 4.39 Å². The van der Waals surface area contributed by atoms with Crippen molar-refractivity contribution in [2.24, 2.45) is 0 Å². The number of nitrogens with zero attached hydrogens (tertiary/aromatic N) is 2. The molecule has 0 aliphatic heterocycles. The highest BCUT2D eigenvalue weighted by Crippen LogP contribution is 2.31. The predicted molar refractivity (Wildman–Crippen MR) is 65.0 cm³/mol. The van der Waals surface area contributed by atoms with E-state index >= 15 is 0 Å². The van der Waals surface area contributed by atoms with Crippen LogP contribution in [0.3, 0.4) is 0 Å². The first-order valence-electron chi connectivity index (χ1n) is 4.57. The molecule has 0 radical (unpaired) electrons. The van der Waals surface area contributed by atoms with E-state index in [4.69, 9.17) is 16.2 Å². The van der Waals surface area contributed by atoms with Gasteiger partial charge in [-0.2, -0.15) is 4.98 Å². The first kappa shape index (κ1) is 11.6. The van der Waals surface area contributed by atoms with Gasteiger partial charge in [-0.3, -0.25) is 0 Å². The normalized spacial score (nSPS) is 10.2. The minimum absolute atomic E-state index is 0.0630. The molecule has 0 fully saturated rings. The zero-order valence-electron chi connectivity index (χ0n) is 8.52. The van der Waals surface area contributed by atoms with Gasteiger partial charge in [0.25, 0.3) is 0 Å².